The molecule has 0 spiro atoms. The van der Waals surface area contributed by atoms with Crippen LogP contribution in [0.1, 0.15) is 79.1 Å². The third kappa shape index (κ3) is 10.9. The zero-order valence-electron chi connectivity index (χ0n) is 21.0. The molecule has 1 aromatic carbocycles. The van der Waals surface area contributed by atoms with Crippen molar-refractivity contribution in [1.29, 1.82) is 0 Å². The molecule has 2 saturated heterocycles. The van der Waals surface area contributed by atoms with Gasteiger partial charge in [0.15, 0.2) is 0 Å². The van der Waals surface area contributed by atoms with E-state index in [1.165, 1.54) is 51.4 Å². The molecule has 4 unspecified atom stereocenters. The Bertz CT molecular complexity index is 643. The second kappa shape index (κ2) is 18.2. The van der Waals surface area contributed by atoms with Gasteiger partial charge in [-0.1, -0.05) is 64.3 Å². The Labute approximate surface area is 220 Å². The van der Waals surface area contributed by atoms with Crippen LogP contribution in [0.3, 0.4) is 0 Å². The first-order valence-electron chi connectivity index (χ1n) is 12.3. The first kappa shape index (κ1) is 34.0. The van der Waals surface area contributed by atoms with E-state index in [4.69, 9.17) is 0 Å². The average molecular weight is 606 g/mol. The van der Waals surface area contributed by atoms with Crippen LogP contribution >= 0.6 is 15.8 Å². The van der Waals surface area contributed by atoms with Crippen molar-refractivity contribution in [3.63, 3.8) is 0 Å². The first-order chi connectivity index (χ1) is 15.3. The molecule has 0 nitrogen and oxygen atoms in total. The predicted molar refractivity (Wildman–Crippen MR) is 146 cm³/mol. The second-order valence-electron chi connectivity index (χ2n) is 9.38. The van der Waals surface area contributed by atoms with Crippen LogP contribution in [0.2, 0.25) is 0 Å². The quantitative estimate of drug-likeness (QED) is 0.137. The van der Waals surface area contributed by atoms with Gasteiger partial charge in [-0.2, -0.15) is 0 Å². The minimum Gasteiger partial charge on any atom is -0.471 e. The Morgan fingerprint density at radius 2 is 1.12 bits per heavy atom. The van der Waals surface area contributed by atoms with Crippen LogP contribution in [-0.2, 0) is 19.5 Å². The van der Waals surface area contributed by atoms with E-state index in [0.29, 0.717) is 0 Å². The Morgan fingerprint density at radius 3 is 1.53 bits per heavy atom. The molecule has 0 saturated carbocycles. The van der Waals surface area contributed by atoms with Gasteiger partial charge in [0.25, 0.3) is 0 Å². The molecular weight excluding hydrogens is 564 g/mol. The van der Waals surface area contributed by atoms with E-state index in [2.05, 4.69) is 76.3 Å². The molecule has 2 radical (unpaired) electrons. The Morgan fingerprint density at radius 1 is 0.735 bits per heavy atom. The van der Waals surface area contributed by atoms with Gasteiger partial charge in [-0.3, -0.25) is 4.70 Å². The summed E-state index contributed by atoms with van der Waals surface area (Å²) in [6, 6.07) is 9.59. The zero-order chi connectivity index (χ0) is 23.5. The summed E-state index contributed by atoms with van der Waals surface area (Å²) >= 11 is 0. The minimum atomic E-state index is -3.67. The smallest absolute Gasteiger partial charge is 0.414 e. The monoisotopic (exact) mass is 606 g/mol. The molecule has 0 N–H and O–H groups in total. The van der Waals surface area contributed by atoms with Crippen LogP contribution in [0, 0.1) is 0 Å². The zero-order valence-corrected chi connectivity index (χ0v) is 24.5. The second-order valence-corrected chi connectivity index (χ2v) is 15.9. The van der Waals surface area contributed by atoms with Crippen LogP contribution in [0.5, 0.6) is 0 Å². The van der Waals surface area contributed by atoms with E-state index in [0.717, 1.165) is 22.6 Å². The van der Waals surface area contributed by atoms with Crippen molar-refractivity contribution in [2.45, 2.75) is 102 Å². The van der Waals surface area contributed by atoms with E-state index >= 15 is 0 Å². The SMILES string of the molecule is C1=CCCC=CCC1.CC1CCC(C)P1c1ccccc1[PH+]1C(C)CCC1C.F.F[B-](F)F.[Rh]. The third-order valence-corrected chi connectivity index (χ3v) is 14.2. The van der Waals surface area contributed by atoms with Crippen molar-refractivity contribution >= 4 is 34.0 Å². The van der Waals surface area contributed by atoms with Crippen molar-refractivity contribution in [2.75, 3.05) is 0 Å². The van der Waals surface area contributed by atoms with Gasteiger partial charge in [-0.05, 0) is 82.6 Å². The Balaban J connectivity index is 0.000000653. The van der Waals surface area contributed by atoms with Crippen LogP contribution in [-0.4, -0.2) is 30.2 Å². The summed E-state index contributed by atoms with van der Waals surface area (Å²) in [4.78, 5) is 0. The summed E-state index contributed by atoms with van der Waals surface area (Å²) in [6.45, 7) is 10.0. The number of rotatable bonds is 2. The molecular formula is C26H42BF4P2Rh. The molecule has 3 aliphatic rings. The number of hydrogen-bond donors (Lipinski definition) is 0. The fourth-order valence-electron chi connectivity index (χ4n) is 5.30. The Hall–Kier alpha value is -0.0317. The maximum atomic E-state index is 9.67. The molecule has 0 amide bonds. The topological polar surface area (TPSA) is 0 Å². The number of benzene rings is 1. The van der Waals surface area contributed by atoms with Gasteiger partial charge >= 0.3 is 7.54 Å². The molecule has 196 valence electrons. The fourth-order valence-corrected chi connectivity index (χ4v) is 13.0. The summed E-state index contributed by atoms with van der Waals surface area (Å²) in [7, 11) is -3.92. The van der Waals surface area contributed by atoms with Gasteiger partial charge < -0.3 is 12.9 Å². The molecule has 4 rings (SSSR count). The normalized spacial score (nSPS) is 30.0. The van der Waals surface area contributed by atoms with E-state index in [1.807, 2.05) is 5.30 Å². The standard InChI is InChI=1S/C18H28P2.C8H12.BF3.FH.Rh/c1-13-9-10-14(2)19(13)17-7-5-6-8-18(17)20-15(3)11-12-16(20)4;1-2-4-6-8-7-5-3-1;2-1(3)4;;/h5-8,13-16H,9-12H2,1-4H3;1-2,7-8H,3-6H2;;1H;/q;;-1;;/p+1. The molecule has 1 aliphatic carbocycles. The molecule has 2 aliphatic heterocycles. The summed E-state index contributed by atoms with van der Waals surface area (Å²) in [5, 5.41) is 3.62. The maximum Gasteiger partial charge on any atom is 0.414 e. The molecule has 4 atom stereocenters. The van der Waals surface area contributed by atoms with E-state index < -0.39 is 7.54 Å². The average Bonchev–Trinajstić information content (AvgIpc) is 3.22. The van der Waals surface area contributed by atoms with Crippen LogP contribution in [0.4, 0.5) is 17.7 Å². The summed E-state index contributed by atoms with van der Waals surface area (Å²) in [5.74, 6) is 0. The van der Waals surface area contributed by atoms with Crippen LogP contribution in [0.25, 0.3) is 0 Å². The minimum absolute atomic E-state index is 0. The number of allylic oxidation sites excluding steroid dienone is 4. The van der Waals surface area contributed by atoms with Crippen molar-refractivity contribution < 1.29 is 37.1 Å². The summed E-state index contributed by atoms with van der Waals surface area (Å²) in [5.41, 5.74) is 3.82. The third-order valence-electron chi connectivity index (χ3n) is 6.87. The van der Waals surface area contributed by atoms with E-state index in [1.54, 1.807) is 5.30 Å². The molecule has 8 heteroatoms. The van der Waals surface area contributed by atoms with Crippen molar-refractivity contribution in [3.05, 3.63) is 48.6 Å². The van der Waals surface area contributed by atoms with Crippen LogP contribution in [0.15, 0.2) is 48.6 Å². The summed E-state index contributed by atoms with van der Waals surface area (Å²) in [6.07, 6.45) is 19.8. The largest absolute Gasteiger partial charge is 0.471 e. The van der Waals surface area contributed by atoms with Gasteiger partial charge in [-0.25, -0.2) is 0 Å². The van der Waals surface area contributed by atoms with E-state index in [-0.39, 0.29) is 40.0 Å². The van der Waals surface area contributed by atoms with E-state index in [9.17, 15) is 12.9 Å². The molecule has 0 bridgehead atoms. The maximum absolute atomic E-state index is 9.67. The molecule has 2 fully saturated rings. The Kier molecular flexibility index (Phi) is 18.2. The number of hydrogen-bond acceptors (Lipinski definition) is 0. The molecule has 1 aromatic rings. The summed E-state index contributed by atoms with van der Waals surface area (Å²) < 4.78 is 29.0. The molecule has 34 heavy (non-hydrogen) atoms. The molecule has 0 aromatic heterocycles. The van der Waals surface area contributed by atoms with Crippen molar-refractivity contribution in [1.82, 2.24) is 0 Å². The van der Waals surface area contributed by atoms with Gasteiger partial charge in [-0.15, -0.1) is 0 Å². The van der Waals surface area contributed by atoms with Gasteiger partial charge in [0.1, 0.15) is 0 Å². The molecule has 2 heterocycles. The van der Waals surface area contributed by atoms with Crippen molar-refractivity contribution in [3.8, 4) is 0 Å². The first-order valence-corrected chi connectivity index (χ1v) is 15.4. The van der Waals surface area contributed by atoms with Crippen molar-refractivity contribution in [2.24, 2.45) is 0 Å². The predicted octanol–water partition coefficient (Wildman–Crippen LogP) is 8.48. The fraction of sp³-hybridized carbons (Fsp3) is 0.615. The van der Waals surface area contributed by atoms with Gasteiger partial charge in [0, 0.05) is 32.7 Å². The van der Waals surface area contributed by atoms with Crippen LogP contribution < -0.4 is 10.6 Å². The number of halogens is 4. The van der Waals surface area contributed by atoms with Gasteiger partial charge in [0.05, 0.1) is 16.6 Å². The van der Waals surface area contributed by atoms with Gasteiger partial charge in [0.2, 0.25) is 0 Å².